The summed E-state index contributed by atoms with van der Waals surface area (Å²) in [6.45, 7) is 12.1. The largest absolute Gasteiger partial charge is 0.310 e. The highest BCUT2D eigenvalue weighted by Crippen LogP contribution is 2.12. The maximum absolute atomic E-state index is 3.51. The van der Waals surface area contributed by atoms with Gasteiger partial charge in [0.15, 0.2) is 0 Å². The molecule has 1 N–H and O–H groups in total. The lowest BCUT2D eigenvalue weighted by atomic mass is 10.1. The second-order valence-electron chi connectivity index (χ2n) is 6.22. The van der Waals surface area contributed by atoms with Crippen molar-refractivity contribution in [2.45, 2.75) is 53.2 Å². The van der Waals surface area contributed by atoms with E-state index in [0.717, 1.165) is 19.0 Å². The van der Waals surface area contributed by atoms with Crippen LogP contribution in [-0.2, 0) is 13.1 Å². The molecule has 1 aromatic carbocycles. The van der Waals surface area contributed by atoms with Gasteiger partial charge in [0.25, 0.3) is 0 Å². The average Bonchev–Trinajstić information content (AvgIpc) is 2.35. The first-order valence-corrected chi connectivity index (χ1v) is 7.47. The highest BCUT2D eigenvalue weighted by Gasteiger charge is 2.06. The molecule has 0 bridgehead atoms. The van der Waals surface area contributed by atoms with Crippen molar-refractivity contribution in [2.75, 3.05) is 13.6 Å². The molecule has 0 saturated carbocycles. The Labute approximate surface area is 119 Å². The molecule has 0 unspecified atom stereocenters. The fourth-order valence-electron chi connectivity index (χ4n) is 2.05. The van der Waals surface area contributed by atoms with Gasteiger partial charge in [0, 0.05) is 19.1 Å². The van der Waals surface area contributed by atoms with E-state index in [9.17, 15) is 0 Å². The van der Waals surface area contributed by atoms with E-state index in [4.69, 9.17) is 0 Å². The molecule has 2 heteroatoms. The van der Waals surface area contributed by atoms with E-state index < -0.39 is 0 Å². The zero-order chi connectivity index (χ0) is 14.3. The molecule has 0 atom stereocenters. The number of hydrogen-bond donors (Lipinski definition) is 1. The second-order valence-corrected chi connectivity index (χ2v) is 6.22. The first-order chi connectivity index (χ1) is 8.99. The van der Waals surface area contributed by atoms with Gasteiger partial charge in [0.1, 0.15) is 0 Å². The third-order valence-electron chi connectivity index (χ3n) is 3.35. The van der Waals surface area contributed by atoms with Gasteiger partial charge < -0.3 is 10.2 Å². The van der Waals surface area contributed by atoms with Gasteiger partial charge in [0.05, 0.1) is 0 Å². The maximum atomic E-state index is 3.51. The molecule has 0 saturated heterocycles. The maximum Gasteiger partial charge on any atom is 0.0233 e. The minimum absolute atomic E-state index is 0.534. The second kappa shape index (κ2) is 8.34. The number of benzene rings is 1. The summed E-state index contributed by atoms with van der Waals surface area (Å²) >= 11 is 0. The SMILES string of the molecule is CC(C)CCN(C)Cc1ccccc1CNC(C)C. The summed E-state index contributed by atoms with van der Waals surface area (Å²) < 4.78 is 0. The summed E-state index contributed by atoms with van der Waals surface area (Å²) in [6, 6.07) is 9.30. The molecule has 108 valence electrons. The van der Waals surface area contributed by atoms with Crippen molar-refractivity contribution in [3.05, 3.63) is 35.4 Å². The van der Waals surface area contributed by atoms with Gasteiger partial charge in [-0.25, -0.2) is 0 Å². The van der Waals surface area contributed by atoms with Gasteiger partial charge in [-0.15, -0.1) is 0 Å². The van der Waals surface area contributed by atoms with E-state index in [1.54, 1.807) is 0 Å². The molecule has 0 heterocycles. The fraction of sp³-hybridized carbons (Fsp3) is 0.647. The molecule has 19 heavy (non-hydrogen) atoms. The van der Waals surface area contributed by atoms with Crippen LogP contribution in [0.15, 0.2) is 24.3 Å². The lowest BCUT2D eigenvalue weighted by molar-refractivity contribution is 0.302. The molecular formula is C17H30N2. The number of nitrogens with zero attached hydrogens (tertiary/aromatic N) is 1. The normalized spacial score (nSPS) is 11.8. The van der Waals surface area contributed by atoms with Crippen molar-refractivity contribution in [3.8, 4) is 0 Å². The quantitative estimate of drug-likeness (QED) is 0.769. The van der Waals surface area contributed by atoms with Crippen LogP contribution in [0.1, 0.15) is 45.2 Å². The van der Waals surface area contributed by atoms with Crippen molar-refractivity contribution in [2.24, 2.45) is 5.92 Å². The van der Waals surface area contributed by atoms with E-state index in [1.165, 1.54) is 24.1 Å². The van der Waals surface area contributed by atoms with Crippen LogP contribution in [0.5, 0.6) is 0 Å². The van der Waals surface area contributed by atoms with E-state index in [2.05, 4.69) is 69.2 Å². The van der Waals surface area contributed by atoms with Crippen LogP contribution in [0.3, 0.4) is 0 Å². The minimum atomic E-state index is 0.534. The molecule has 0 aliphatic rings. The van der Waals surface area contributed by atoms with Crippen LogP contribution >= 0.6 is 0 Å². The Balaban J connectivity index is 2.56. The summed E-state index contributed by atoms with van der Waals surface area (Å²) in [7, 11) is 2.22. The zero-order valence-electron chi connectivity index (χ0n) is 13.2. The van der Waals surface area contributed by atoms with Gasteiger partial charge >= 0.3 is 0 Å². The number of hydrogen-bond acceptors (Lipinski definition) is 2. The molecule has 0 aromatic heterocycles. The van der Waals surface area contributed by atoms with E-state index in [-0.39, 0.29) is 0 Å². The number of nitrogens with one attached hydrogen (secondary N) is 1. The van der Waals surface area contributed by atoms with Crippen molar-refractivity contribution in [1.29, 1.82) is 0 Å². The standard InChI is InChI=1S/C17H30N2/c1-14(2)10-11-19(5)13-17-9-7-6-8-16(17)12-18-15(3)4/h6-9,14-15,18H,10-13H2,1-5H3. The van der Waals surface area contributed by atoms with Crippen molar-refractivity contribution < 1.29 is 0 Å². The molecule has 0 radical (unpaired) electrons. The van der Waals surface area contributed by atoms with E-state index >= 15 is 0 Å². The fourth-order valence-corrected chi connectivity index (χ4v) is 2.05. The van der Waals surface area contributed by atoms with Crippen LogP contribution in [0, 0.1) is 5.92 Å². The number of rotatable bonds is 8. The molecule has 0 spiro atoms. The van der Waals surface area contributed by atoms with Crippen molar-refractivity contribution >= 4 is 0 Å². The summed E-state index contributed by atoms with van der Waals surface area (Å²) in [5, 5.41) is 3.51. The van der Waals surface area contributed by atoms with Gasteiger partial charge in [-0.3, -0.25) is 0 Å². The molecule has 1 rings (SSSR count). The van der Waals surface area contributed by atoms with Crippen LogP contribution in [0.4, 0.5) is 0 Å². The van der Waals surface area contributed by atoms with Gasteiger partial charge in [-0.1, -0.05) is 52.0 Å². The van der Waals surface area contributed by atoms with Crippen LogP contribution in [0.2, 0.25) is 0 Å². The highest BCUT2D eigenvalue weighted by molar-refractivity contribution is 5.27. The summed E-state index contributed by atoms with van der Waals surface area (Å²) in [5.74, 6) is 0.778. The molecule has 0 aliphatic heterocycles. The van der Waals surface area contributed by atoms with Crippen LogP contribution in [0.25, 0.3) is 0 Å². The van der Waals surface area contributed by atoms with E-state index in [1.807, 2.05) is 0 Å². The topological polar surface area (TPSA) is 15.3 Å². The predicted molar refractivity (Wildman–Crippen MR) is 84.2 cm³/mol. The van der Waals surface area contributed by atoms with Crippen molar-refractivity contribution in [3.63, 3.8) is 0 Å². The molecule has 0 fully saturated rings. The smallest absolute Gasteiger partial charge is 0.0233 e. The monoisotopic (exact) mass is 262 g/mol. The predicted octanol–water partition coefficient (Wildman–Crippen LogP) is 3.66. The third-order valence-corrected chi connectivity index (χ3v) is 3.35. The zero-order valence-corrected chi connectivity index (χ0v) is 13.2. The van der Waals surface area contributed by atoms with E-state index in [0.29, 0.717) is 6.04 Å². The minimum Gasteiger partial charge on any atom is -0.310 e. The van der Waals surface area contributed by atoms with Crippen LogP contribution in [-0.4, -0.2) is 24.5 Å². The van der Waals surface area contributed by atoms with Crippen LogP contribution < -0.4 is 5.32 Å². The lowest BCUT2D eigenvalue weighted by Gasteiger charge is -2.20. The van der Waals surface area contributed by atoms with Gasteiger partial charge in [-0.2, -0.15) is 0 Å². The third kappa shape index (κ3) is 6.74. The van der Waals surface area contributed by atoms with Gasteiger partial charge in [0.2, 0.25) is 0 Å². The summed E-state index contributed by atoms with van der Waals surface area (Å²) in [4.78, 5) is 2.42. The molecule has 0 amide bonds. The highest BCUT2D eigenvalue weighted by atomic mass is 15.1. The molecule has 0 aliphatic carbocycles. The van der Waals surface area contributed by atoms with Gasteiger partial charge in [-0.05, 0) is 37.1 Å². The Morgan fingerprint density at radius 2 is 1.68 bits per heavy atom. The lowest BCUT2D eigenvalue weighted by Crippen LogP contribution is -2.24. The average molecular weight is 262 g/mol. The Hall–Kier alpha value is -0.860. The molecular weight excluding hydrogens is 232 g/mol. The Morgan fingerprint density at radius 1 is 1.05 bits per heavy atom. The Bertz CT molecular complexity index is 358. The Kier molecular flexibility index (Phi) is 7.11. The first kappa shape index (κ1) is 16.2. The first-order valence-electron chi connectivity index (χ1n) is 7.47. The molecule has 1 aromatic rings. The Morgan fingerprint density at radius 3 is 2.26 bits per heavy atom. The summed E-state index contributed by atoms with van der Waals surface area (Å²) in [6.07, 6.45) is 1.27. The molecule has 2 nitrogen and oxygen atoms in total. The summed E-state index contributed by atoms with van der Waals surface area (Å²) in [5.41, 5.74) is 2.87. The van der Waals surface area contributed by atoms with Crippen molar-refractivity contribution in [1.82, 2.24) is 10.2 Å².